The number of nitrogens with zero attached hydrogens (tertiary/aromatic N) is 4. The highest BCUT2D eigenvalue weighted by molar-refractivity contribution is 9.10. The fourth-order valence-corrected chi connectivity index (χ4v) is 3.90. The van der Waals surface area contributed by atoms with E-state index in [-0.39, 0.29) is 11.9 Å². The Morgan fingerprint density at radius 2 is 1.86 bits per heavy atom. The topological polar surface area (TPSA) is 62.5 Å². The summed E-state index contributed by atoms with van der Waals surface area (Å²) < 4.78 is 19.6. The maximum absolute atomic E-state index is 13.6. The molecule has 0 radical (unpaired) electrons. The van der Waals surface area contributed by atoms with Crippen LogP contribution in [0.3, 0.4) is 0 Å². The maximum Gasteiger partial charge on any atom is 0.254 e. The Kier molecular flexibility index (Phi) is 5.73. The molecule has 1 saturated heterocycles. The molecule has 1 atom stereocenters. The van der Waals surface area contributed by atoms with Gasteiger partial charge in [0.05, 0.1) is 6.04 Å². The molecule has 2 aromatic carbocycles. The van der Waals surface area contributed by atoms with Crippen LogP contribution in [0.4, 0.5) is 4.39 Å². The van der Waals surface area contributed by atoms with Crippen molar-refractivity contribution in [2.24, 2.45) is 0 Å². The molecule has 1 aromatic heterocycles. The number of amides is 1. The van der Waals surface area contributed by atoms with Crippen LogP contribution in [0, 0.1) is 5.82 Å². The number of benzene rings is 2. The highest BCUT2D eigenvalue weighted by Crippen LogP contribution is 2.24. The Labute approximate surface area is 176 Å². The van der Waals surface area contributed by atoms with Gasteiger partial charge in [0.25, 0.3) is 5.91 Å². The first-order valence-electron chi connectivity index (χ1n) is 9.40. The number of hydrogen-bond acceptors (Lipinski definition) is 5. The van der Waals surface area contributed by atoms with Crippen LogP contribution >= 0.6 is 15.9 Å². The third kappa shape index (κ3) is 4.38. The van der Waals surface area contributed by atoms with Gasteiger partial charge < -0.3 is 9.42 Å². The molecule has 1 amide bonds. The molecule has 1 aliphatic heterocycles. The summed E-state index contributed by atoms with van der Waals surface area (Å²) in [5.74, 6) is 0.526. The smallest absolute Gasteiger partial charge is 0.254 e. The molecule has 0 spiro atoms. The van der Waals surface area contributed by atoms with Crippen LogP contribution in [0.1, 0.15) is 29.2 Å². The Hall–Kier alpha value is -2.58. The summed E-state index contributed by atoms with van der Waals surface area (Å²) in [7, 11) is 0. The highest BCUT2D eigenvalue weighted by atomic mass is 79.9. The van der Waals surface area contributed by atoms with Crippen molar-refractivity contribution >= 4 is 21.8 Å². The van der Waals surface area contributed by atoms with E-state index >= 15 is 0 Å². The predicted molar refractivity (Wildman–Crippen MR) is 110 cm³/mol. The zero-order valence-electron chi connectivity index (χ0n) is 15.9. The standard InChI is InChI=1S/C21H20BrFN4O2/c1-14(20-24-19(25-29-20)15-5-3-2-4-6-15)26-7-9-27(10-8-26)21(28)16-11-17(22)13-18(23)12-16/h2-6,11-14H,7-10H2,1H3. The van der Waals surface area contributed by atoms with Gasteiger partial charge in [-0.25, -0.2) is 4.39 Å². The molecule has 0 aliphatic carbocycles. The van der Waals surface area contributed by atoms with Gasteiger partial charge in [-0.1, -0.05) is 51.4 Å². The number of rotatable bonds is 4. The number of carbonyl (C=O) groups is 1. The van der Waals surface area contributed by atoms with Crippen LogP contribution in [0.15, 0.2) is 57.5 Å². The molecule has 6 nitrogen and oxygen atoms in total. The van der Waals surface area contributed by atoms with Crippen molar-refractivity contribution in [2.75, 3.05) is 26.2 Å². The molecule has 4 rings (SSSR count). The lowest BCUT2D eigenvalue weighted by atomic mass is 10.1. The summed E-state index contributed by atoms with van der Waals surface area (Å²) >= 11 is 3.24. The van der Waals surface area contributed by atoms with E-state index in [1.807, 2.05) is 37.3 Å². The normalized spacial score (nSPS) is 16.0. The van der Waals surface area contributed by atoms with Crippen molar-refractivity contribution in [3.63, 3.8) is 0 Å². The third-order valence-electron chi connectivity index (χ3n) is 5.09. The fraction of sp³-hybridized carbons (Fsp3) is 0.286. The van der Waals surface area contributed by atoms with Crippen molar-refractivity contribution in [3.05, 3.63) is 70.3 Å². The van der Waals surface area contributed by atoms with E-state index in [2.05, 4.69) is 31.0 Å². The van der Waals surface area contributed by atoms with Crippen molar-refractivity contribution in [2.45, 2.75) is 13.0 Å². The quantitative estimate of drug-likeness (QED) is 0.587. The minimum absolute atomic E-state index is 0.0551. The Bertz CT molecular complexity index is 983. The molecule has 150 valence electrons. The van der Waals surface area contributed by atoms with Gasteiger partial charge in [0.15, 0.2) is 0 Å². The molecule has 1 fully saturated rings. The van der Waals surface area contributed by atoms with Gasteiger partial charge >= 0.3 is 0 Å². The summed E-state index contributed by atoms with van der Waals surface area (Å²) in [6, 6.07) is 13.9. The van der Waals surface area contributed by atoms with E-state index in [1.54, 1.807) is 11.0 Å². The predicted octanol–water partition coefficient (Wildman–Crippen LogP) is 4.16. The first-order chi connectivity index (χ1) is 14.0. The van der Waals surface area contributed by atoms with E-state index in [0.717, 1.165) is 5.56 Å². The molecule has 1 aliphatic rings. The van der Waals surface area contributed by atoms with Crippen LogP contribution in [0.25, 0.3) is 11.4 Å². The number of halogens is 2. The Morgan fingerprint density at radius 1 is 1.14 bits per heavy atom. The third-order valence-corrected chi connectivity index (χ3v) is 5.55. The van der Waals surface area contributed by atoms with Crippen molar-refractivity contribution in [1.29, 1.82) is 0 Å². The molecule has 0 saturated carbocycles. The zero-order chi connectivity index (χ0) is 20.4. The number of hydrogen-bond donors (Lipinski definition) is 0. The van der Waals surface area contributed by atoms with Crippen LogP contribution in [-0.4, -0.2) is 52.0 Å². The van der Waals surface area contributed by atoms with Gasteiger partial charge in [-0.05, 0) is 25.1 Å². The zero-order valence-corrected chi connectivity index (χ0v) is 17.5. The van der Waals surface area contributed by atoms with Crippen LogP contribution in [0.5, 0.6) is 0 Å². The Balaban J connectivity index is 1.39. The molecule has 3 aromatic rings. The second-order valence-corrected chi connectivity index (χ2v) is 7.90. The second kappa shape index (κ2) is 8.42. The monoisotopic (exact) mass is 458 g/mol. The first kappa shape index (κ1) is 19.7. The molecule has 29 heavy (non-hydrogen) atoms. The second-order valence-electron chi connectivity index (χ2n) is 6.98. The largest absolute Gasteiger partial charge is 0.337 e. The lowest BCUT2D eigenvalue weighted by molar-refractivity contribution is 0.0551. The van der Waals surface area contributed by atoms with Gasteiger partial charge in [-0.2, -0.15) is 4.98 Å². The van der Waals surface area contributed by atoms with Gasteiger partial charge in [0.2, 0.25) is 11.7 Å². The van der Waals surface area contributed by atoms with E-state index < -0.39 is 5.82 Å². The Morgan fingerprint density at radius 3 is 2.55 bits per heavy atom. The lowest BCUT2D eigenvalue weighted by Crippen LogP contribution is -2.49. The maximum atomic E-state index is 13.6. The van der Waals surface area contributed by atoms with Gasteiger partial charge in [-0.3, -0.25) is 9.69 Å². The van der Waals surface area contributed by atoms with Crippen LogP contribution in [0.2, 0.25) is 0 Å². The average Bonchev–Trinajstić information content (AvgIpc) is 3.23. The molecular weight excluding hydrogens is 439 g/mol. The highest BCUT2D eigenvalue weighted by Gasteiger charge is 2.28. The van der Waals surface area contributed by atoms with E-state index in [4.69, 9.17) is 4.52 Å². The minimum Gasteiger partial charge on any atom is -0.337 e. The van der Waals surface area contributed by atoms with Gasteiger partial charge in [-0.15, -0.1) is 0 Å². The summed E-state index contributed by atoms with van der Waals surface area (Å²) in [4.78, 5) is 21.2. The first-order valence-corrected chi connectivity index (χ1v) is 10.2. The van der Waals surface area contributed by atoms with E-state index in [9.17, 15) is 9.18 Å². The van der Waals surface area contributed by atoms with Crippen LogP contribution < -0.4 is 0 Å². The summed E-state index contributed by atoms with van der Waals surface area (Å²) in [6.07, 6.45) is 0. The summed E-state index contributed by atoms with van der Waals surface area (Å²) in [5.41, 5.74) is 1.26. The van der Waals surface area contributed by atoms with Crippen molar-refractivity contribution in [1.82, 2.24) is 19.9 Å². The summed E-state index contributed by atoms with van der Waals surface area (Å²) in [5, 5.41) is 4.08. The average molecular weight is 459 g/mol. The fourth-order valence-electron chi connectivity index (χ4n) is 3.44. The SMILES string of the molecule is CC(c1nc(-c2ccccc2)no1)N1CCN(C(=O)c2cc(F)cc(Br)c2)CC1. The van der Waals surface area contributed by atoms with Crippen molar-refractivity contribution < 1.29 is 13.7 Å². The molecule has 8 heteroatoms. The summed E-state index contributed by atoms with van der Waals surface area (Å²) in [6.45, 7) is 4.47. The number of carbonyl (C=O) groups excluding carboxylic acids is 1. The number of aromatic nitrogens is 2. The lowest BCUT2D eigenvalue weighted by Gasteiger charge is -2.36. The van der Waals surface area contributed by atoms with Gasteiger partial charge in [0, 0.05) is 41.8 Å². The molecular formula is C21H20BrFN4O2. The molecule has 2 heterocycles. The molecule has 0 N–H and O–H groups in total. The van der Waals surface area contributed by atoms with Crippen LogP contribution in [-0.2, 0) is 0 Å². The molecule has 0 bridgehead atoms. The minimum atomic E-state index is -0.430. The molecule has 1 unspecified atom stereocenters. The van der Waals surface area contributed by atoms with E-state index in [0.29, 0.717) is 47.9 Å². The van der Waals surface area contributed by atoms with E-state index in [1.165, 1.54) is 12.1 Å². The van der Waals surface area contributed by atoms with Gasteiger partial charge in [0.1, 0.15) is 5.82 Å². The number of piperazine rings is 1. The van der Waals surface area contributed by atoms with Crippen molar-refractivity contribution in [3.8, 4) is 11.4 Å².